The van der Waals surface area contributed by atoms with Gasteiger partial charge in [-0.3, -0.25) is 4.90 Å². The standard InChI is InChI=1S/C10H16FN/c1-3-10-4-8(2)6-12(10)7-9(11)5-10/h9H,2-7H2,1H3/t9?,10-/m0/s1. The minimum absolute atomic E-state index is 0.149. The molecule has 0 aromatic heterocycles. The summed E-state index contributed by atoms with van der Waals surface area (Å²) in [6.45, 7) is 7.70. The Bertz CT molecular complexity index is 214. The highest BCUT2D eigenvalue weighted by atomic mass is 19.1. The third kappa shape index (κ3) is 1.01. The summed E-state index contributed by atoms with van der Waals surface area (Å²) in [5.74, 6) is 0. The van der Waals surface area contributed by atoms with Gasteiger partial charge in [-0.1, -0.05) is 19.1 Å². The number of hydrogen-bond donors (Lipinski definition) is 0. The molecule has 0 aromatic rings. The second-order valence-electron chi connectivity index (χ2n) is 4.19. The largest absolute Gasteiger partial charge is 0.290 e. The molecule has 2 saturated heterocycles. The lowest BCUT2D eigenvalue weighted by Crippen LogP contribution is -2.37. The topological polar surface area (TPSA) is 3.24 Å². The maximum atomic E-state index is 13.1. The Labute approximate surface area is 73.2 Å². The first-order chi connectivity index (χ1) is 5.66. The van der Waals surface area contributed by atoms with Gasteiger partial charge in [0, 0.05) is 18.6 Å². The fourth-order valence-electron chi connectivity index (χ4n) is 2.74. The molecule has 12 heavy (non-hydrogen) atoms. The maximum Gasteiger partial charge on any atom is 0.115 e. The minimum Gasteiger partial charge on any atom is -0.290 e. The highest BCUT2D eigenvalue weighted by molar-refractivity contribution is 5.18. The quantitative estimate of drug-likeness (QED) is 0.543. The Morgan fingerprint density at radius 2 is 2.50 bits per heavy atom. The van der Waals surface area contributed by atoms with E-state index < -0.39 is 6.17 Å². The van der Waals surface area contributed by atoms with E-state index in [0.717, 1.165) is 25.8 Å². The highest BCUT2D eigenvalue weighted by Gasteiger charge is 2.48. The molecule has 2 fully saturated rings. The van der Waals surface area contributed by atoms with Crippen LogP contribution in [0.1, 0.15) is 26.2 Å². The van der Waals surface area contributed by atoms with Gasteiger partial charge in [-0.05, 0) is 19.3 Å². The smallest absolute Gasteiger partial charge is 0.115 e. The van der Waals surface area contributed by atoms with Gasteiger partial charge in [0.25, 0.3) is 0 Å². The lowest BCUT2D eigenvalue weighted by atomic mass is 9.90. The van der Waals surface area contributed by atoms with Crippen LogP contribution in [0.25, 0.3) is 0 Å². The number of fused-ring (bicyclic) bond motifs is 1. The molecular weight excluding hydrogens is 153 g/mol. The molecule has 0 amide bonds. The van der Waals surface area contributed by atoms with Crippen LogP contribution in [0.2, 0.25) is 0 Å². The molecule has 2 aliphatic rings. The summed E-state index contributed by atoms with van der Waals surface area (Å²) in [6.07, 6.45) is 2.21. The van der Waals surface area contributed by atoms with Crippen LogP contribution in [-0.2, 0) is 0 Å². The average molecular weight is 169 g/mol. The van der Waals surface area contributed by atoms with E-state index in [0.29, 0.717) is 6.54 Å². The highest BCUT2D eigenvalue weighted by Crippen LogP contribution is 2.43. The van der Waals surface area contributed by atoms with Crippen molar-refractivity contribution in [2.75, 3.05) is 13.1 Å². The van der Waals surface area contributed by atoms with E-state index in [9.17, 15) is 4.39 Å². The van der Waals surface area contributed by atoms with Crippen molar-refractivity contribution in [3.8, 4) is 0 Å². The van der Waals surface area contributed by atoms with Gasteiger partial charge in [0.2, 0.25) is 0 Å². The molecule has 2 heteroatoms. The molecule has 1 nitrogen and oxygen atoms in total. The van der Waals surface area contributed by atoms with Gasteiger partial charge in [-0.25, -0.2) is 4.39 Å². The Balaban J connectivity index is 2.21. The van der Waals surface area contributed by atoms with E-state index >= 15 is 0 Å². The van der Waals surface area contributed by atoms with Crippen molar-refractivity contribution in [3.63, 3.8) is 0 Å². The van der Waals surface area contributed by atoms with Crippen molar-refractivity contribution in [2.45, 2.75) is 37.9 Å². The zero-order valence-corrected chi connectivity index (χ0v) is 7.65. The van der Waals surface area contributed by atoms with Crippen LogP contribution >= 0.6 is 0 Å². The molecule has 1 unspecified atom stereocenters. The van der Waals surface area contributed by atoms with Gasteiger partial charge < -0.3 is 0 Å². The van der Waals surface area contributed by atoms with Crippen LogP contribution in [0.3, 0.4) is 0 Å². The van der Waals surface area contributed by atoms with Crippen LogP contribution in [0, 0.1) is 0 Å². The lowest BCUT2D eigenvalue weighted by molar-refractivity contribution is 0.189. The number of rotatable bonds is 1. The second-order valence-corrected chi connectivity index (χ2v) is 4.19. The van der Waals surface area contributed by atoms with Crippen molar-refractivity contribution in [3.05, 3.63) is 12.2 Å². The normalized spacial score (nSPS) is 42.2. The van der Waals surface area contributed by atoms with Crippen LogP contribution in [0.5, 0.6) is 0 Å². The van der Waals surface area contributed by atoms with E-state index in [1.165, 1.54) is 5.57 Å². The molecular formula is C10H16FN. The fourth-order valence-corrected chi connectivity index (χ4v) is 2.74. The maximum absolute atomic E-state index is 13.1. The Hall–Kier alpha value is -0.370. The van der Waals surface area contributed by atoms with Crippen LogP contribution in [0.4, 0.5) is 4.39 Å². The zero-order chi connectivity index (χ0) is 8.77. The lowest BCUT2D eigenvalue weighted by Gasteiger charge is -2.29. The monoisotopic (exact) mass is 169 g/mol. The first kappa shape index (κ1) is 8.24. The third-order valence-corrected chi connectivity index (χ3v) is 3.34. The summed E-state index contributed by atoms with van der Waals surface area (Å²) in [7, 11) is 0. The van der Waals surface area contributed by atoms with Crippen molar-refractivity contribution < 1.29 is 4.39 Å². The second kappa shape index (κ2) is 2.56. The molecule has 0 saturated carbocycles. The molecule has 68 valence electrons. The number of hydrogen-bond acceptors (Lipinski definition) is 1. The molecule has 0 bridgehead atoms. The van der Waals surface area contributed by atoms with E-state index in [1.54, 1.807) is 0 Å². The van der Waals surface area contributed by atoms with Gasteiger partial charge in [-0.2, -0.15) is 0 Å². The molecule has 0 spiro atoms. The third-order valence-electron chi connectivity index (χ3n) is 3.34. The number of halogens is 1. The van der Waals surface area contributed by atoms with E-state index in [1.807, 2.05) is 0 Å². The Morgan fingerprint density at radius 1 is 1.75 bits per heavy atom. The molecule has 0 aliphatic carbocycles. The molecule has 0 aromatic carbocycles. The van der Waals surface area contributed by atoms with Crippen molar-refractivity contribution in [1.82, 2.24) is 4.90 Å². The van der Waals surface area contributed by atoms with Gasteiger partial charge in [0.05, 0.1) is 0 Å². The molecule has 2 heterocycles. The molecule has 0 radical (unpaired) electrons. The minimum atomic E-state index is -0.599. The Morgan fingerprint density at radius 3 is 3.08 bits per heavy atom. The van der Waals surface area contributed by atoms with Crippen molar-refractivity contribution in [2.24, 2.45) is 0 Å². The SMILES string of the molecule is C=C1CN2CC(F)C[C@]2(CC)C1. The van der Waals surface area contributed by atoms with Gasteiger partial charge in [0.15, 0.2) is 0 Å². The van der Waals surface area contributed by atoms with E-state index in [-0.39, 0.29) is 5.54 Å². The van der Waals surface area contributed by atoms with Gasteiger partial charge in [-0.15, -0.1) is 0 Å². The summed E-state index contributed by atoms with van der Waals surface area (Å²) in [6, 6.07) is 0. The van der Waals surface area contributed by atoms with E-state index in [4.69, 9.17) is 0 Å². The molecule has 2 aliphatic heterocycles. The summed E-state index contributed by atoms with van der Waals surface area (Å²) in [5.41, 5.74) is 1.43. The summed E-state index contributed by atoms with van der Waals surface area (Å²) < 4.78 is 13.1. The predicted molar refractivity (Wildman–Crippen MR) is 47.9 cm³/mol. The average Bonchev–Trinajstić information content (AvgIpc) is 2.40. The first-order valence-corrected chi connectivity index (χ1v) is 4.72. The zero-order valence-electron chi connectivity index (χ0n) is 7.65. The molecule has 2 rings (SSSR count). The Kier molecular flexibility index (Phi) is 1.76. The fraction of sp³-hybridized carbons (Fsp3) is 0.800. The van der Waals surface area contributed by atoms with Gasteiger partial charge >= 0.3 is 0 Å². The number of nitrogens with zero attached hydrogens (tertiary/aromatic N) is 1. The molecule has 0 N–H and O–H groups in total. The summed E-state index contributed by atoms with van der Waals surface area (Å²) in [4.78, 5) is 2.28. The van der Waals surface area contributed by atoms with Crippen molar-refractivity contribution in [1.29, 1.82) is 0 Å². The first-order valence-electron chi connectivity index (χ1n) is 4.72. The number of alkyl halides is 1. The van der Waals surface area contributed by atoms with Crippen molar-refractivity contribution >= 4 is 0 Å². The molecule has 2 atom stereocenters. The van der Waals surface area contributed by atoms with Crippen LogP contribution in [0.15, 0.2) is 12.2 Å². The predicted octanol–water partition coefficient (Wildman–Crippen LogP) is 2.14. The van der Waals surface area contributed by atoms with Gasteiger partial charge in [0.1, 0.15) is 6.17 Å². The summed E-state index contributed by atoms with van der Waals surface area (Å²) >= 11 is 0. The van der Waals surface area contributed by atoms with Crippen LogP contribution < -0.4 is 0 Å². The van der Waals surface area contributed by atoms with E-state index in [2.05, 4.69) is 18.4 Å². The van der Waals surface area contributed by atoms with Crippen LogP contribution in [-0.4, -0.2) is 29.7 Å². The summed E-state index contributed by atoms with van der Waals surface area (Å²) in [5, 5.41) is 0.